The van der Waals surface area contributed by atoms with Gasteiger partial charge in [0, 0.05) is 12.7 Å². The molecule has 0 aliphatic carbocycles. The van der Waals surface area contributed by atoms with Crippen LogP contribution in [0.2, 0.25) is 0 Å². The molecule has 0 fully saturated rings. The first-order valence-corrected chi connectivity index (χ1v) is 6.22. The molecule has 0 heterocycles. The van der Waals surface area contributed by atoms with Crippen LogP contribution in [-0.2, 0) is 0 Å². The largest absolute Gasteiger partial charge is 0.388 e. The van der Waals surface area contributed by atoms with E-state index in [1.54, 1.807) is 0 Å². The summed E-state index contributed by atoms with van der Waals surface area (Å²) in [7, 11) is 1.92. The van der Waals surface area contributed by atoms with Crippen LogP contribution in [-0.4, -0.2) is 7.05 Å². The number of nitrogens with one attached hydrogen (secondary N) is 1. The predicted octanol–water partition coefficient (Wildman–Crippen LogP) is 3.39. The Kier molecular flexibility index (Phi) is 3.68. The summed E-state index contributed by atoms with van der Waals surface area (Å²) >= 11 is 0. The fourth-order valence-electron chi connectivity index (χ4n) is 2.04. The third-order valence-corrected chi connectivity index (χ3v) is 3.42. The van der Waals surface area contributed by atoms with Gasteiger partial charge in [-0.25, -0.2) is 0 Å². The molecule has 0 radical (unpaired) electrons. The van der Waals surface area contributed by atoms with E-state index in [0.717, 1.165) is 16.8 Å². The molecule has 2 aromatic rings. The summed E-state index contributed by atoms with van der Waals surface area (Å²) in [4.78, 5) is 0. The van der Waals surface area contributed by atoms with Crippen LogP contribution in [0.5, 0.6) is 0 Å². The summed E-state index contributed by atoms with van der Waals surface area (Å²) in [6.07, 6.45) is 0. The minimum atomic E-state index is -0.0717. The highest BCUT2D eigenvalue weighted by Gasteiger charge is 2.09. The number of hydrogen-bond acceptors (Lipinski definition) is 2. The molecule has 0 spiro atoms. The second kappa shape index (κ2) is 5.23. The van der Waals surface area contributed by atoms with Crippen molar-refractivity contribution in [3.05, 3.63) is 64.7 Å². The van der Waals surface area contributed by atoms with Crippen LogP contribution in [0.3, 0.4) is 0 Å². The molecule has 0 aromatic heterocycles. The zero-order valence-electron chi connectivity index (χ0n) is 11.2. The third-order valence-electron chi connectivity index (χ3n) is 3.42. The molecule has 1 atom stereocenters. The molecular weight excluding hydrogens is 220 g/mol. The molecule has 0 bridgehead atoms. The molecule has 0 saturated heterocycles. The summed E-state index contributed by atoms with van der Waals surface area (Å²) in [5, 5.41) is 3.14. The summed E-state index contributed by atoms with van der Waals surface area (Å²) in [6, 6.07) is 14.6. The molecule has 3 N–H and O–H groups in total. The Morgan fingerprint density at radius 3 is 2.33 bits per heavy atom. The van der Waals surface area contributed by atoms with Gasteiger partial charge in [-0.1, -0.05) is 30.3 Å². The van der Waals surface area contributed by atoms with Crippen molar-refractivity contribution < 1.29 is 0 Å². The smallest absolute Gasteiger partial charge is 0.0552 e. The Bertz CT molecular complexity index is 547. The number of benzene rings is 2. The van der Waals surface area contributed by atoms with Crippen LogP contribution in [0.15, 0.2) is 42.5 Å². The Hall–Kier alpha value is -1.80. The lowest BCUT2D eigenvalue weighted by molar-refractivity contribution is 0.869. The van der Waals surface area contributed by atoms with E-state index >= 15 is 0 Å². The van der Waals surface area contributed by atoms with Gasteiger partial charge in [0.05, 0.1) is 6.04 Å². The van der Waals surface area contributed by atoms with Crippen LogP contribution in [0.1, 0.15) is 28.3 Å². The summed E-state index contributed by atoms with van der Waals surface area (Å²) in [5.41, 5.74) is 12.3. The number of anilines is 1. The van der Waals surface area contributed by atoms with Gasteiger partial charge >= 0.3 is 0 Å². The standard InChI is InChI=1S/C16H20N2/c1-11-7-8-14(9-12(11)2)16(17)13-5-4-6-15(10-13)18-3/h4-10,16,18H,17H2,1-3H3. The zero-order valence-corrected chi connectivity index (χ0v) is 11.2. The quantitative estimate of drug-likeness (QED) is 0.863. The predicted molar refractivity (Wildman–Crippen MR) is 77.9 cm³/mol. The van der Waals surface area contributed by atoms with E-state index in [1.807, 2.05) is 19.2 Å². The molecule has 0 aliphatic rings. The number of aryl methyl sites for hydroxylation is 2. The van der Waals surface area contributed by atoms with Crippen LogP contribution >= 0.6 is 0 Å². The second-order valence-electron chi connectivity index (χ2n) is 4.70. The van der Waals surface area contributed by atoms with E-state index in [-0.39, 0.29) is 6.04 Å². The molecule has 2 aromatic carbocycles. The number of nitrogens with two attached hydrogens (primary N) is 1. The molecule has 0 saturated carbocycles. The van der Waals surface area contributed by atoms with Crippen LogP contribution in [0.25, 0.3) is 0 Å². The first-order valence-electron chi connectivity index (χ1n) is 6.22. The Balaban J connectivity index is 2.34. The lowest BCUT2D eigenvalue weighted by Crippen LogP contribution is -2.12. The SMILES string of the molecule is CNc1cccc(C(N)c2ccc(C)c(C)c2)c1. The highest BCUT2D eigenvalue weighted by atomic mass is 14.8. The van der Waals surface area contributed by atoms with Crippen molar-refractivity contribution in [2.24, 2.45) is 5.73 Å². The maximum atomic E-state index is 6.33. The van der Waals surface area contributed by atoms with E-state index in [0.29, 0.717) is 0 Å². The zero-order chi connectivity index (χ0) is 13.1. The van der Waals surface area contributed by atoms with Crippen LogP contribution in [0.4, 0.5) is 5.69 Å². The van der Waals surface area contributed by atoms with Gasteiger partial charge in [0.1, 0.15) is 0 Å². The Labute approximate surface area is 109 Å². The van der Waals surface area contributed by atoms with Gasteiger partial charge in [-0.3, -0.25) is 0 Å². The molecular formula is C16H20N2. The van der Waals surface area contributed by atoms with E-state index in [4.69, 9.17) is 5.73 Å². The highest BCUT2D eigenvalue weighted by molar-refractivity contribution is 5.48. The van der Waals surface area contributed by atoms with Crippen molar-refractivity contribution in [3.8, 4) is 0 Å². The van der Waals surface area contributed by atoms with E-state index < -0.39 is 0 Å². The Morgan fingerprint density at radius 1 is 0.944 bits per heavy atom. The number of rotatable bonds is 3. The van der Waals surface area contributed by atoms with Gasteiger partial charge in [-0.2, -0.15) is 0 Å². The van der Waals surface area contributed by atoms with Crippen molar-refractivity contribution in [2.75, 3.05) is 12.4 Å². The summed E-state index contributed by atoms with van der Waals surface area (Å²) < 4.78 is 0. The molecule has 0 amide bonds. The van der Waals surface area contributed by atoms with Crippen molar-refractivity contribution in [1.82, 2.24) is 0 Å². The molecule has 2 heteroatoms. The summed E-state index contributed by atoms with van der Waals surface area (Å²) in [6.45, 7) is 4.24. The molecule has 94 valence electrons. The van der Waals surface area contributed by atoms with E-state index in [9.17, 15) is 0 Å². The molecule has 2 nitrogen and oxygen atoms in total. The lowest BCUT2D eigenvalue weighted by atomic mass is 9.96. The Morgan fingerprint density at radius 2 is 1.67 bits per heavy atom. The van der Waals surface area contributed by atoms with Crippen LogP contribution in [0, 0.1) is 13.8 Å². The van der Waals surface area contributed by atoms with E-state index in [2.05, 4.69) is 49.5 Å². The molecule has 1 unspecified atom stereocenters. The minimum Gasteiger partial charge on any atom is -0.388 e. The van der Waals surface area contributed by atoms with E-state index in [1.165, 1.54) is 11.1 Å². The van der Waals surface area contributed by atoms with Gasteiger partial charge in [-0.15, -0.1) is 0 Å². The van der Waals surface area contributed by atoms with Gasteiger partial charge in [0.2, 0.25) is 0 Å². The topological polar surface area (TPSA) is 38.0 Å². The van der Waals surface area contributed by atoms with Crippen molar-refractivity contribution in [1.29, 1.82) is 0 Å². The fraction of sp³-hybridized carbons (Fsp3) is 0.250. The first kappa shape index (κ1) is 12.7. The third kappa shape index (κ3) is 2.54. The van der Waals surface area contributed by atoms with Crippen LogP contribution < -0.4 is 11.1 Å². The average molecular weight is 240 g/mol. The number of hydrogen-bond donors (Lipinski definition) is 2. The fourth-order valence-corrected chi connectivity index (χ4v) is 2.04. The van der Waals surface area contributed by atoms with Crippen molar-refractivity contribution >= 4 is 5.69 Å². The molecule has 0 aliphatic heterocycles. The highest BCUT2D eigenvalue weighted by Crippen LogP contribution is 2.23. The minimum absolute atomic E-state index is 0.0717. The van der Waals surface area contributed by atoms with Crippen molar-refractivity contribution in [2.45, 2.75) is 19.9 Å². The maximum absolute atomic E-state index is 6.33. The monoisotopic (exact) mass is 240 g/mol. The van der Waals surface area contributed by atoms with Crippen molar-refractivity contribution in [3.63, 3.8) is 0 Å². The first-order chi connectivity index (χ1) is 8.61. The second-order valence-corrected chi connectivity index (χ2v) is 4.70. The molecule has 2 rings (SSSR count). The van der Waals surface area contributed by atoms with Gasteiger partial charge in [0.15, 0.2) is 0 Å². The average Bonchev–Trinajstić information content (AvgIpc) is 2.41. The van der Waals surface area contributed by atoms with Gasteiger partial charge in [-0.05, 0) is 48.2 Å². The normalized spacial score (nSPS) is 12.2. The lowest BCUT2D eigenvalue weighted by Gasteiger charge is -2.15. The summed E-state index contributed by atoms with van der Waals surface area (Å²) in [5.74, 6) is 0. The molecule has 18 heavy (non-hydrogen) atoms. The maximum Gasteiger partial charge on any atom is 0.0552 e. The van der Waals surface area contributed by atoms with Gasteiger partial charge in [0.25, 0.3) is 0 Å². The van der Waals surface area contributed by atoms with Gasteiger partial charge < -0.3 is 11.1 Å².